The number of Topliss-reactive ketones (excluding diaryl/α,β-unsaturated/α-hetero) is 1. The van der Waals surface area contributed by atoms with Crippen LogP contribution in [-0.4, -0.2) is 46.6 Å². The molecule has 0 amide bonds. The number of hydrogen-bond acceptors (Lipinski definition) is 7. The van der Waals surface area contributed by atoms with Crippen LogP contribution in [0, 0.1) is 5.41 Å². The van der Waals surface area contributed by atoms with Gasteiger partial charge in [-0.1, -0.05) is 67.6 Å². The van der Waals surface area contributed by atoms with E-state index in [2.05, 4.69) is 9.71 Å². The van der Waals surface area contributed by atoms with Crippen molar-refractivity contribution in [3.63, 3.8) is 0 Å². The van der Waals surface area contributed by atoms with E-state index in [4.69, 9.17) is 10.1 Å². The van der Waals surface area contributed by atoms with Gasteiger partial charge >= 0.3 is 5.97 Å². The molecule has 4 rings (SSSR count). The van der Waals surface area contributed by atoms with Crippen LogP contribution in [-0.2, 0) is 39.2 Å². The molecule has 3 N–H and O–H groups in total. The summed E-state index contributed by atoms with van der Waals surface area (Å²) in [6.45, 7) is 2.00. The van der Waals surface area contributed by atoms with Gasteiger partial charge in [-0.05, 0) is 41.8 Å². The minimum Gasteiger partial charge on any atom is -0.489 e. The van der Waals surface area contributed by atoms with E-state index >= 15 is 0 Å². The monoisotopic (exact) mass is 588 g/mol. The highest BCUT2D eigenvalue weighted by Crippen LogP contribution is 2.21. The maximum absolute atomic E-state index is 13.0. The van der Waals surface area contributed by atoms with Crippen molar-refractivity contribution in [1.82, 2.24) is 14.3 Å². The van der Waals surface area contributed by atoms with Crippen molar-refractivity contribution in [3.8, 4) is 5.75 Å². The van der Waals surface area contributed by atoms with Crippen LogP contribution in [0.4, 0.5) is 0 Å². The van der Waals surface area contributed by atoms with Crippen molar-refractivity contribution in [2.75, 3.05) is 0 Å². The number of carbonyl (C=O) groups is 2. The molecule has 0 aliphatic carbocycles. The Hall–Kier alpha value is -4.61. The van der Waals surface area contributed by atoms with E-state index < -0.39 is 28.0 Å². The van der Waals surface area contributed by atoms with Gasteiger partial charge in [-0.25, -0.2) is 13.4 Å². The average Bonchev–Trinajstić information content (AvgIpc) is 3.45. The number of sulfonamides is 1. The number of carboxylic acids is 1. The van der Waals surface area contributed by atoms with Crippen molar-refractivity contribution < 1.29 is 27.9 Å². The first-order valence-corrected chi connectivity index (χ1v) is 14.8. The molecule has 0 bridgehead atoms. The molecular formula is C31H32N4O6S. The zero-order chi connectivity index (χ0) is 30.1. The van der Waals surface area contributed by atoms with Gasteiger partial charge in [0.2, 0.25) is 10.0 Å². The summed E-state index contributed by atoms with van der Waals surface area (Å²) in [5.41, 5.74) is 2.05. The molecule has 3 aromatic carbocycles. The molecule has 42 heavy (non-hydrogen) atoms. The fraction of sp³-hybridized carbons (Fsp3) is 0.226. The van der Waals surface area contributed by atoms with Gasteiger partial charge in [-0.15, -0.1) is 0 Å². The molecule has 11 heteroatoms. The van der Waals surface area contributed by atoms with Gasteiger partial charge in [0, 0.05) is 18.5 Å². The van der Waals surface area contributed by atoms with Crippen molar-refractivity contribution in [2.24, 2.45) is 0 Å². The molecule has 4 aromatic rings. The smallest absolute Gasteiger partial charge is 0.323 e. The second-order valence-corrected chi connectivity index (χ2v) is 11.4. The highest BCUT2D eigenvalue weighted by molar-refractivity contribution is 7.89. The Balaban J connectivity index is 1.36. The number of hydrogen-bond donors (Lipinski definition) is 3. The number of carboxylic acid groups (broad SMARTS) is 1. The number of rotatable bonds is 15. The van der Waals surface area contributed by atoms with E-state index in [0.717, 1.165) is 16.9 Å². The number of imidazole rings is 1. The number of aliphatic carboxylic acids is 1. The number of para-hydroxylation sites is 1. The number of ketones is 1. The van der Waals surface area contributed by atoms with Crippen LogP contribution in [0.25, 0.3) is 0 Å². The molecule has 0 spiro atoms. The fourth-order valence-electron chi connectivity index (χ4n) is 4.36. The summed E-state index contributed by atoms with van der Waals surface area (Å²) < 4.78 is 34.7. The SMILES string of the molecule is CCC(C(=N)C(=O)Cc1ccc(COc2ccccc2)cc1)c1cn(CC(NS(=O)(=O)c2ccccc2)C(=O)O)cn1. The molecule has 2 atom stereocenters. The molecule has 1 heterocycles. The summed E-state index contributed by atoms with van der Waals surface area (Å²) in [6.07, 6.45) is 3.40. The van der Waals surface area contributed by atoms with Gasteiger partial charge in [-0.2, -0.15) is 4.72 Å². The first-order valence-electron chi connectivity index (χ1n) is 13.4. The zero-order valence-electron chi connectivity index (χ0n) is 23.0. The third kappa shape index (κ3) is 7.99. The lowest BCUT2D eigenvalue weighted by Crippen LogP contribution is -2.43. The van der Waals surface area contributed by atoms with E-state index in [1.165, 1.54) is 23.0 Å². The summed E-state index contributed by atoms with van der Waals surface area (Å²) in [5, 5.41) is 18.2. The first-order chi connectivity index (χ1) is 20.2. The average molecular weight is 589 g/mol. The zero-order valence-corrected chi connectivity index (χ0v) is 23.8. The lowest BCUT2D eigenvalue weighted by atomic mass is 9.91. The van der Waals surface area contributed by atoms with Crippen molar-refractivity contribution >= 4 is 27.5 Å². The van der Waals surface area contributed by atoms with Crippen LogP contribution in [0.15, 0.2) is 102 Å². The van der Waals surface area contributed by atoms with Gasteiger partial charge < -0.3 is 19.8 Å². The van der Waals surface area contributed by atoms with Crippen LogP contribution >= 0.6 is 0 Å². The Labute approximate surface area is 244 Å². The number of ether oxygens (including phenoxy) is 1. The van der Waals surface area contributed by atoms with Crippen LogP contribution in [0.2, 0.25) is 0 Å². The van der Waals surface area contributed by atoms with Crippen LogP contribution in [0.5, 0.6) is 5.75 Å². The Morgan fingerprint density at radius 1 is 0.976 bits per heavy atom. The minimum absolute atomic E-state index is 0.0456. The van der Waals surface area contributed by atoms with Crippen LogP contribution in [0.1, 0.15) is 36.1 Å². The molecular weight excluding hydrogens is 556 g/mol. The normalized spacial score (nSPS) is 12.8. The molecule has 0 aliphatic heterocycles. The summed E-state index contributed by atoms with van der Waals surface area (Å²) in [6, 6.07) is 23.0. The van der Waals surface area contributed by atoms with Gasteiger partial charge in [0.25, 0.3) is 0 Å². The molecule has 10 nitrogen and oxygen atoms in total. The van der Waals surface area contributed by atoms with Crippen molar-refractivity contribution in [1.29, 1.82) is 5.41 Å². The lowest BCUT2D eigenvalue weighted by molar-refractivity contribution is -0.139. The number of nitrogens with one attached hydrogen (secondary N) is 2. The van der Waals surface area contributed by atoms with E-state index in [1.54, 1.807) is 24.4 Å². The quantitative estimate of drug-likeness (QED) is 0.176. The van der Waals surface area contributed by atoms with Crippen molar-refractivity contribution in [2.45, 2.75) is 49.8 Å². The topological polar surface area (TPSA) is 151 Å². The molecule has 2 unspecified atom stereocenters. The van der Waals surface area contributed by atoms with E-state index in [1.807, 2.05) is 61.5 Å². The minimum atomic E-state index is -4.06. The van der Waals surface area contributed by atoms with Gasteiger partial charge in [0.15, 0.2) is 5.78 Å². The number of nitrogens with zero attached hydrogens (tertiary/aromatic N) is 2. The van der Waals surface area contributed by atoms with Gasteiger partial charge in [0.1, 0.15) is 18.4 Å². The fourth-order valence-corrected chi connectivity index (χ4v) is 5.56. The molecule has 1 aromatic heterocycles. The number of aromatic nitrogens is 2. The van der Waals surface area contributed by atoms with Crippen LogP contribution in [0.3, 0.4) is 0 Å². The van der Waals surface area contributed by atoms with E-state index in [9.17, 15) is 23.1 Å². The molecule has 218 valence electrons. The highest BCUT2D eigenvalue weighted by Gasteiger charge is 2.27. The van der Waals surface area contributed by atoms with E-state index in [-0.39, 0.29) is 29.4 Å². The predicted molar refractivity (Wildman–Crippen MR) is 157 cm³/mol. The van der Waals surface area contributed by atoms with E-state index in [0.29, 0.717) is 18.7 Å². The predicted octanol–water partition coefficient (Wildman–Crippen LogP) is 4.22. The second-order valence-electron chi connectivity index (χ2n) is 9.71. The lowest BCUT2D eigenvalue weighted by Gasteiger charge is -2.16. The first kappa shape index (κ1) is 30.4. The Morgan fingerprint density at radius 3 is 2.21 bits per heavy atom. The standard InChI is InChI=1S/C31H32N4O6S/c1-2-26(30(32)29(36)17-22-13-15-23(16-14-22)20-41-24-9-5-3-6-10-24)27-18-35(21-33-27)19-28(31(37)38)34-42(39,40)25-11-7-4-8-12-25/h3-16,18,21,26,28,32,34H,2,17,19-20H2,1H3,(H,37,38). The maximum Gasteiger partial charge on any atom is 0.323 e. The molecule has 0 saturated heterocycles. The third-order valence-electron chi connectivity index (χ3n) is 6.65. The van der Waals surface area contributed by atoms with Crippen molar-refractivity contribution in [3.05, 3.63) is 114 Å². The number of benzene rings is 3. The Morgan fingerprint density at radius 2 is 1.60 bits per heavy atom. The molecule has 0 aliphatic rings. The Bertz CT molecular complexity index is 1620. The highest BCUT2D eigenvalue weighted by atomic mass is 32.2. The summed E-state index contributed by atoms with van der Waals surface area (Å²) >= 11 is 0. The third-order valence-corrected chi connectivity index (χ3v) is 8.13. The molecule has 0 fully saturated rings. The van der Waals surface area contributed by atoms with Gasteiger partial charge in [0.05, 0.1) is 29.2 Å². The van der Waals surface area contributed by atoms with Crippen LogP contribution < -0.4 is 9.46 Å². The second kappa shape index (κ2) is 13.8. The number of carbonyl (C=O) groups excluding carboxylic acids is 1. The summed E-state index contributed by atoms with van der Waals surface area (Å²) in [7, 11) is -4.06. The molecule has 0 saturated carbocycles. The van der Waals surface area contributed by atoms with Gasteiger partial charge in [-0.3, -0.25) is 9.59 Å². The summed E-state index contributed by atoms with van der Waals surface area (Å²) in [4.78, 5) is 29.1. The molecule has 0 radical (unpaired) electrons. The largest absolute Gasteiger partial charge is 0.489 e. The maximum atomic E-state index is 13.0. The Kier molecular flexibility index (Phi) is 10.00. The summed E-state index contributed by atoms with van der Waals surface area (Å²) in [5.74, 6) is -1.52.